The van der Waals surface area contributed by atoms with Gasteiger partial charge in [0.05, 0.1) is 0 Å². The van der Waals surface area contributed by atoms with E-state index in [1.165, 1.54) is 0 Å². The SMILES string of the molecule is CC1CNC(=O)C(C)C(C)(C)C1. The number of amides is 1. The van der Waals surface area contributed by atoms with Crippen molar-refractivity contribution in [2.24, 2.45) is 17.3 Å². The molecule has 70 valence electrons. The molecule has 1 rings (SSSR count). The minimum absolute atomic E-state index is 0.141. The normalized spacial score (nSPS) is 35.5. The lowest BCUT2D eigenvalue weighted by Gasteiger charge is -2.29. The summed E-state index contributed by atoms with van der Waals surface area (Å²) in [6.07, 6.45) is 1.13. The van der Waals surface area contributed by atoms with Crippen LogP contribution < -0.4 is 5.32 Å². The molecule has 0 bridgehead atoms. The minimum Gasteiger partial charge on any atom is -0.356 e. The maximum Gasteiger partial charge on any atom is 0.223 e. The molecule has 2 nitrogen and oxygen atoms in total. The Morgan fingerprint density at radius 1 is 1.42 bits per heavy atom. The molecule has 0 aliphatic carbocycles. The van der Waals surface area contributed by atoms with Crippen LogP contribution in [-0.2, 0) is 4.79 Å². The van der Waals surface area contributed by atoms with Gasteiger partial charge >= 0.3 is 0 Å². The molecule has 1 heterocycles. The van der Waals surface area contributed by atoms with Gasteiger partial charge in [-0.05, 0) is 17.8 Å². The summed E-state index contributed by atoms with van der Waals surface area (Å²) in [4.78, 5) is 11.5. The number of hydrogen-bond acceptors (Lipinski definition) is 1. The first-order valence-electron chi connectivity index (χ1n) is 4.71. The summed E-state index contributed by atoms with van der Waals surface area (Å²) in [6, 6.07) is 0. The Morgan fingerprint density at radius 3 is 2.58 bits per heavy atom. The number of carbonyl (C=O) groups excluding carboxylic acids is 1. The largest absolute Gasteiger partial charge is 0.356 e. The van der Waals surface area contributed by atoms with E-state index in [0.717, 1.165) is 13.0 Å². The van der Waals surface area contributed by atoms with Gasteiger partial charge in [-0.3, -0.25) is 4.79 Å². The van der Waals surface area contributed by atoms with Crippen LogP contribution in [0.15, 0.2) is 0 Å². The van der Waals surface area contributed by atoms with Gasteiger partial charge < -0.3 is 5.32 Å². The van der Waals surface area contributed by atoms with Crippen LogP contribution in [0.5, 0.6) is 0 Å². The molecule has 1 fully saturated rings. The van der Waals surface area contributed by atoms with Gasteiger partial charge in [0, 0.05) is 12.5 Å². The Kier molecular flexibility index (Phi) is 2.45. The molecule has 2 unspecified atom stereocenters. The molecule has 12 heavy (non-hydrogen) atoms. The summed E-state index contributed by atoms with van der Waals surface area (Å²) >= 11 is 0. The van der Waals surface area contributed by atoms with E-state index in [1.807, 2.05) is 6.92 Å². The van der Waals surface area contributed by atoms with Crippen LogP contribution in [0.1, 0.15) is 34.1 Å². The Morgan fingerprint density at radius 2 is 2.00 bits per heavy atom. The van der Waals surface area contributed by atoms with Gasteiger partial charge in [0.1, 0.15) is 0 Å². The smallest absolute Gasteiger partial charge is 0.223 e. The number of hydrogen-bond donors (Lipinski definition) is 1. The Hall–Kier alpha value is -0.530. The molecular weight excluding hydrogens is 150 g/mol. The third kappa shape index (κ3) is 1.79. The summed E-state index contributed by atoms with van der Waals surface area (Å²) in [5.74, 6) is 0.959. The fraction of sp³-hybridized carbons (Fsp3) is 0.900. The number of carbonyl (C=O) groups is 1. The van der Waals surface area contributed by atoms with Gasteiger partial charge in [-0.25, -0.2) is 0 Å². The van der Waals surface area contributed by atoms with Gasteiger partial charge in [-0.2, -0.15) is 0 Å². The van der Waals surface area contributed by atoms with Crippen molar-refractivity contribution in [1.82, 2.24) is 5.32 Å². The van der Waals surface area contributed by atoms with Crippen LogP contribution in [0.2, 0.25) is 0 Å². The highest BCUT2D eigenvalue weighted by Gasteiger charge is 2.35. The fourth-order valence-corrected chi connectivity index (χ4v) is 1.93. The monoisotopic (exact) mass is 169 g/mol. The zero-order valence-electron chi connectivity index (χ0n) is 8.48. The molecule has 2 heteroatoms. The van der Waals surface area contributed by atoms with Crippen molar-refractivity contribution in [1.29, 1.82) is 0 Å². The molecule has 1 aliphatic heterocycles. The predicted octanol–water partition coefficient (Wildman–Crippen LogP) is 1.80. The van der Waals surface area contributed by atoms with E-state index in [-0.39, 0.29) is 17.2 Å². The average Bonchev–Trinajstić information content (AvgIpc) is 2.03. The second-order valence-corrected chi connectivity index (χ2v) is 4.76. The van der Waals surface area contributed by atoms with E-state index in [9.17, 15) is 4.79 Å². The quantitative estimate of drug-likeness (QED) is 0.588. The topological polar surface area (TPSA) is 29.1 Å². The molecular formula is C10H19NO. The maximum atomic E-state index is 11.5. The third-order valence-electron chi connectivity index (χ3n) is 3.06. The van der Waals surface area contributed by atoms with Gasteiger partial charge in [0.25, 0.3) is 0 Å². The molecule has 0 spiro atoms. The highest BCUT2D eigenvalue weighted by Crippen LogP contribution is 2.35. The Balaban J connectivity index is 2.79. The molecule has 0 radical (unpaired) electrons. The highest BCUT2D eigenvalue weighted by atomic mass is 16.1. The van der Waals surface area contributed by atoms with E-state index >= 15 is 0 Å². The molecule has 0 aromatic carbocycles. The Labute approximate surface area is 74.7 Å². The van der Waals surface area contributed by atoms with E-state index in [1.54, 1.807) is 0 Å². The van der Waals surface area contributed by atoms with Crippen molar-refractivity contribution < 1.29 is 4.79 Å². The van der Waals surface area contributed by atoms with Crippen LogP contribution in [-0.4, -0.2) is 12.5 Å². The molecule has 0 aromatic rings. The first kappa shape index (κ1) is 9.56. The van der Waals surface area contributed by atoms with E-state index in [0.29, 0.717) is 5.92 Å². The second-order valence-electron chi connectivity index (χ2n) is 4.76. The zero-order chi connectivity index (χ0) is 9.35. The van der Waals surface area contributed by atoms with Crippen LogP contribution >= 0.6 is 0 Å². The van der Waals surface area contributed by atoms with Crippen LogP contribution in [0, 0.1) is 17.3 Å². The third-order valence-corrected chi connectivity index (χ3v) is 3.06. The first-order chi connectivity index (χ1) is 5.43. The zero-order valence-corrected chi connectivity index (χ0v) is 8.48. The first-order valence-corrected chi connectivity index (χ1v) is 4.71. The van der Waals surface area contributed by atoms with Crippen molar-refractivity contribution in [3.63, 3.8) is 0 Å². The molecule has 1 N–H and O–H groups in total. The molecule has 2 atom stereocenters. The summed E-state index contributed by atoms with van der Waals surface area (Å²) in [5.41, 5.74) is 0.153. The van der Waals surface area contributed by atoms with Crippen LogP contribution in [0.3, 0.4) is 0 Å². The van der Waals surface area contributed by atoms with Gasteiger partial charge in [-0.1, -0.05) is 27.7 Å². The second kappa shape index (κ2) is 3.08. The summed E-state index contributed by atoms with van der Waals surface area (Å²) in [7, 11) is 0. The van der Waals surface area contributed by atoms with Crippen molar-refractivity contribution in [2.45, 2.75) is 34.1 Å². The lowest BCUT2D eigenvalue weighted by Crippen LogP contribution is -2.33. The van der Waals surface area contributed by atoms with Gasteiger partial charge in [0.2, 0.25) is 5.91 Å². The number of rotatable bonds is 0. The summed E-state index contributed by atoms with van der Waals surface area (Å²) in [5, 5.41) is 2.96. The van der Waals surface area contributed by atoms with Gasteiger partial charge in [-0.15, -0.1) is 0 Å². The van der Waals surface area contributed by atoms with Crippen LogP contribution in [0.25, 0.3) is 0 Å². The van der Waals surface area contributed by atoms with E-state index < -0.39 is 0 Å². The molecule has 1 amide bonds. The van der Waals surface area contributed by atoms with Crippen LogP contribution in [0.4, 0.5) is 0 Å². The Bertz CT molecular complexity index is 186. The van der Waals surface area contributed by atoms with Crippen molar-refractivity contribution >= 4 is 5.91 Å². The fourth-order valence-electron chi connectivity index (χ4n) is 1.93. The minimum atomic E-state index is 0.141. The summed E-state index contributed by atoms with van der Waals surface area (Å²) < 4.78 is 0. The number of nitrogens with one attached hydrogen (secondary N) is 1. The van der Waals surface area contributed by atoms with E-state index in [2.05, 4.69) is 26.1 Å². The van der Waals surface area contributed by atoms with Crippen molar-refractivity contribution in [2.75, 3.05) is 6.54 Å². The lowest BCUT2D eigenvalue weighted by atomic mass is 9.75. The average molecular weight is 169 g/mol. The van der Waals surface area contributed by atoms with Gasteiger partial charge in [0.15, 0.2) is 0 Å². The van der Waals surface area contributed by atoms with Crippen molar-refractivity contribution in [3.05, 3.63) is 0 Å². The molecule has 0 saturated carbocycles. The summed E-state index contributed by atoms with van der Waals surface area (Å²) in [6.45, 7) is 9.41. The lowest BCUT2D eigenvalue weighted by molar-refractivity contribution is -0.126. The van der Waals surface area contributed by atoms with Crippen molar-refractivity contribution in [3.8, 4) is 0 Å². The standard InChI is InChI=1S/C10H19NO/c1-7-5-10(3,4)8(2)9(12)11-6-7/h7-8H,5-6H2,1-4H3,(H,11,12). The molecule has 1 aliphatic rings. The molecule has 0 aromatic heterocycles. The van der Waals surface area contributed by atoms with E-state index in [4.69, 9.17) is 0 Å². The predicted molar refractivity (Wildman–Crippen MR) is 49.7 cm³/mol. The molecule has 1 saturated heterocycles. The highest BCUT2D eigenvalue weighted by molar-refractivity contribution is 5.79. The maximum absolute atomic E-state index is 11.5.